The summed E-state index contributed by atoms with van der Waals surface area (Å²) in [6.45, 7) is 4.21. The Bertz CT molecular complexity index is 1100. The van der Waals surface area contributed by atoms with Crippen molar-refractivity contribution in [3.05, 3.63) is 101 Å². The number of nitrogens with one attached hydrogen (secondary N) is 1. The SMILES string of the molecule is CCOC(=O)c1ccc(NC(=O)N2CCN(C(c3ccc(F)cc3)c3ccc(F)cc3)CC2)cc1. The smallest absolute Gasteiger partial charge is 0.338 e. The summed E-state index contributed by atoms with van der Waals surface area (Å²) < 4.78 is 32.0. The second kappa shape index (κ2) is 11.1. The lowest BCUT2D eigenvalue weighted by Crippen LogP contribution is -2.51. The first-order chi connectivity index (χ1) is 16.9. The van der Waals surface area contributed by atoms with Crippen molar-refractivity contribution in [1.82, 2.24) is 9.80 Å². The second-order valence-corrected chi connectivity index (χ2v) is 8.26. The Morgan fingerprint density at radius 3 is 1.83 bits per heavy atom. The van der Waals surface area contributed by atoms with E-state index in [0.717, 1.165) is 11.1 Å². The van der Waals surface area contributed by atoms with Gasteiger partial charge in [0.05, 0.1) is 18.2 Å². The molecule has 1 heterocycles. The molecule has 182 valence electrons. The quantitative estimate of drug-likeness (QED) is 0.501. The molecular formula is C27H27F2N3O3. The average Bonchev–Trinajstić information content (AvgIpc) is 2.87. The highest BCUT2D eigenvalue weighted by atomic mass is 19.1. The van der Waals surface area contributed by atoms with Crippen molar-refractivity contribution in [1.29, 1.82) is 0 Å². The van der Waals surface area contributed by atoms with E-state index in [4.69, 9.17) is 4.74 Å². The lowest BCUT2D eigenvalue weighted by molar-refractivity contribution is 0.0526. The summed E-state index contributed by atoms with van der Waals surface area (Å²) >= 11 is 0. The number of carbonyl (C=O) groups is 2. The molecule has 4 rings (SSSR count). The van der Waals surface area contributed by atoms with Crippen molar-refractivity contribution in [2.75, 3.05) is 38.1 Å². The fourth-order valence-corrected chi connectivity index (χ4v) is 4.19. The number of rotatable bonds is 6. The van der Waals surface area contributed by atoms with Crippen molar-refractivity contribution < 1.29 is 23.1 Å². The molecular weight excluding hydrogens is 452 g/mol. The van der Waals surface area contributed by atoms with Crippen LogP contribution in [0.2, 0.25) is 0 Å². The van der Waals surface area contributed by atoms with Crippen LogP contribution < -0.4 is 5.32 Å². The maximum Gasteiger partial charge on any atom is 0.338 e. The van der Waals surface area contributed by atoms with Gasteiger partial charge in [-0.1, -0.05) is 24.3 Å². The van der Waals surface area contributed by atoms with Gasteiger partial charge in [-0.15, -0.1) is 0 Å². The first-order valence-corrected chi connectivity index (χ1v) is 11.5. The molecule has 0 spiro atoms. The van der Waals surface area contributed by atoms with E-state index in [2.05, 4.69) is 10.2 Å². The Hall–Kier alpha value is -3.78. The standard InChI is InChI=1S/C27H27F2N3O3/c1-2-35-26(33)21-7-13-24(14-8-21)30-27(34)32-17-15-31(16-18-32)25(19-3-9-22(28)10-4-19)20-5-11-23(29)12-6-20/h3-14,25H,2,15-18H2,1H3,(H,30,34). The van der Waals surface area contributed by atoms with Gasteiger partial charge in [-0.25, -0.2) is 18.4 Å². The molecule has 8 heteroatoms. The highest BCUT2D eigenvalue weighted by Gasteiger charge is 2.28. The molecule has 3 aromatic carbocycles. The molecule has 1 saturated heterocycles. The first-order valence-electron chi connectivity index (χ1n) is 11.5. The zero-order valence-corrected chi connectivity index (χ0v) is 19.4. The normalized spacial score (nSPS) is 14.1. The van der Waals surface area contributed by atoms with Crippen molar-refractivity contribution in [2.45, 2.75) is 13.0 Å². The summed E-state index contributed by atoms with van der Waals surface area (Å²) in [6.07, 6.45) is 0. The predicted molar refractivity (Wildman–Crippen MR) is 129 cm³/mol. The molecule has 1 N–H and O–H groups in total. The number of nitrogens with zero attached hydrogens (tertiary/aromatic N) is 2. The number of hydrogen-bond donors (Lipinski definition) is 1. The van der Waals surface area contributed by atoms with Crippen molar-refractivity contribution in [3.8, 4) is 0 Å². The van der Waals surface area contributed by atoms with E-state index in [1.165, 1.54) is 24.3 Å². The lowest BCUT2D eigenvalue weighted by Gasteiger charge is -2.39. The average molecular weight is 480 g/mol. The van der Waals surface area contributed by atoms with Crippen LogP contribution in [0.15, 0.2) is 72.8 Å². The molecule has 0 radical (unpaired) electrons. The van der Waals surface area contributed by atoms with Crippen LogP contribution in [0.25, 0.3) is 0 Å². The number of benzene rings is 3. The third-order valence-corrected chi connectivity index (χ3v) is 5.99. The van der Waals surface area contributed by atoms with Crippen LogP contribution in [0.5, 0.6) is 0 Å². The molecule has 0 aromatic heterocycles. The van der Waals surface area contributed by atoms with Crippen LogP contribution >= 0.6 is 0 Å². The van der Waals surface area contributed by atoms with Gasteiger partial charge in [0.1, 0.15) is 11.6 Å². The van der Waals surface area contributed by atoms with E-state index in [0.29, 0.717) is 44.0 Å². The summed E-state index contributed by atoms with van der Waals surface area (Å²) in [5, 5.41) is 2.86. The van der Waals surface area contributed by atoms with E-state index in [9.17, 15) is 18.4 Å². The van der Waals surface area contributed by atoms with E-state index in [-0.39, 0.29) is 23.7 Å². The van der Waals surface area contributed by atoms with Gasteiger partial charge in [-0.3, -0.25) is 4.90 Å². The van der Waals surface area contributed by atoms with Crippen LogP contribution in [0.1, 0.15) is 34.5 Å². The number of piperazine rings is 1. The summed E-state index contributed by atoms with van der Waals surface area (Å²) in [4.78, 5) is 28.5. The number of anilines is 1. The summed E-state index contributed by atoms with van der Waals surface area (Å²) in [5.74, 6) is -1.04. The molecule has 0 unspecified atom stereocenters. The second-order valence-electron chi connectivity index (χ2n) is 8.26. The molecule has 1 aliphatic heterocycles. The Balaban J connectivity index is 1.41. The molecule has 35 heavy (non-hydrogen) atoms. The predicted octanol–water partition coefficient (Wildman–Crippen LogP) is 5.08. The van der Waals surface area contributed by atoms with Crippen LogP contribution in [0, 0.1) is 11.6 Å². The van der Waals surface area contributed by atoms with Gasteiger partial charge in [-0.2, -0.15) is 0 Å². The minimum Gasteiger partial charge on any atom is -0.462 e. The zero-order chi connectivity index (χ0) is 24.8. The number of hydrogen-bond acceptors (Lipinski definition) is 4. The molecule has 3 aromatic rings. The Morgan fingerprint density at radius 2 is 1.34 bits per heavy atom. The number of halogens is 2. The highest BCUT2D eigenvalue weighted by Crippen LogP contribution is 2.30. The van der Waals surface area contributed by atoms with Gasteiger partial charge in [0.15, 0.2) is 0 Å². The number of carbonyl (C=O) groups excluding carboxylic acids is 2. The van der Waals surface area contributed by atoms with Crippen LogP contribution in [-0.2, 0) is 4.74 Å². The lowest BCUT2D eigenvalue weighted by atomic mass is 9.96. The Morgan fingerprint density at radius 1 is 0.829 bits per heavy atom. The molecule has 2 amide bonds. The van der Waals surface area contributed by atoms with E-state index in [1.54, 1.807) is 60.4 Å². The third kappa shape index (κ3) is 6.02. The molecule has 0 bridgehead atoms. The van der Waals surface area contributed by atoms with Gasteiger partial charge in [-0.05, 0) is 66.6 Å². The van der Waals surface area contributed by atoms with E-state index in [1.807, 2.05) is 0 Å². The minimum atomic E-state index is -0.404. The molecule has 0 saturated carbocycles. The maximum absolute atomic E-state index is 13.5. The van der Waals surface area contributed by atoms with Crippen molar-refractivity contribution in [2.24, 2.45) is 0 Å². The zero-order valence-electron chi connectivity index (χ0n) is 19.4. The fraction of sp³-hybridized carbons (Fsp3) is 0.259. The van der Waals surface area contributed by atoms with Crippen LogP contribution in [0.3, 0.4) is 0 Å². The summed E-state index contributed by atoms with van der Waals surface area (Å²) in [7, 11) is 0. The van der Waals surface area contributed by atoms with Crippen molar-refractivity contribution >= 4 is 17.7 Å². The molecule has 1 aliphatic rings. The van der Waals surface area contributed by atoms with Gasteiger partial charge >= 0.3 is 12.0 Å². The van der Waals surface area contributed by atoms with Gasteiger partial charge < -0.3 is 15.0 Å². The van der Waals surface area contributed by atoms with Gasteiger partial charge in [0, 0.05) is 31.9 Å². The molecule has 0 aliphatic carbocycles. The Kier molecular flexibility index (Phi) is 7.72. The van der Waals surface area contributed by atoms with Gasteiger partial charge in [0.25, 0.3) is 0 Å². The summed E-state index contributed by atoms with van der Waals surface area (Å²) in [5.41, 5.74) is 2.81. The Labute approximate surface area is 203 Å². The molecule has 0 atom stereocenters. The molecule has 1 fully saturated rings. The summed E-state index contributed by atoms with van der Waals surface area (Å²) in [6, 6.07) is 18.8. The largest absolute Gasteiger partial charge is 0.462 e. The number of urea groups is 1. The molecule has 6 nitrogen and oxygen atoms in total. The number of esters is 1. The fourth-order valence-electron chi connectivity index (χ4n) is 4.19. The van der Waals surface area contributed by atoms with E-state index >= 15 is 0 Å². The third-order valence-electron chi connectivity index (χ3n) is 5.99. The first kappa shape index (κ1) is 24.3. The van der Waals surface area contributed by atoms with Crippen molar-refractivity contribution in [3.63, 3.8) is 0 Å². The van der Waals surface area contributed by atoms with E-state index < -0.39 is 5.97 Å². The number of amides is 2. The number of ether oxygens (including phenoxy) is 1. The highest BCUT2D eigenvalue weighted by molar-refractivity contribution is 5.92. The van der Waals surface area contributed by atoms with Crippen LogP contribution in [0.4, 0.5) is 19.3 Å². The van der Waals surface area contributed by atoms with Crippen LogP contribution in [-0.4, -0.2) is 54.6 Å². The maximum atomic E-state index is 13.5. The minimum absolute atomic E-state index is 0.183. The van der Waals surface area contributed by atoms with Gasteiger partial charge in [0.2, 0.25) is 0 Å². The monoisotopic (exact) mass is 479 g/mol. The topological polar surface area (TPSA) is 61.9 Å².